The van der Waals surface area contributed by atoms with Crippen molar-refractivity contribution in [1.29, 1.82) is 0 Å². The molecule has 0 atom stereocenters. The minimum Gasteiger partial charge on any atom is -0.508 e. The number of rotatable bonds is 2. The SMILES string of the molecule is O=C(Nc1ccc(O)cc1)c1csnn1. The van der Waals surface area contributed by atoms with Crippen molar-refractivity contribution in [3.8, 4) is 5.75 Å². The number of aromatic nitrogens is 2. The average Bonchev–Trinajstić information content (AvgIpc) is 2.74. The molecule has 0 fully saturated rings. The number of carbonyl (C=O) groups is 1. The molecule has 5 nitrogen and oxygen atoms in total. The molecule has 0 aliphatic heterocycles. The molecule has 2 N–H and O–H groups in total. The molecular formula is C9H7N3O2S. The molecule has 0 bridgehead atoms. The van der Waals surface area contributed by atoms with Crippen LogP contribution in [-0.4, -0.2) is 20.6 Å². The van der Waals surface area contributed by atoms with Crippen LogP contribution in [0.1, 0.15) is 10.5 Å². The second-order valence-corrected chi connectivity index (χ2v) is 3.40. The lowest BCUT2D eigenvalue weighted by atomic mass is 10.3. The highest BCUT2D eigenvalue weighted by molar-refractivity contribution is 7.03. The molecule has 15 heavy (non-hydrogen) atoms. The minimum absolute atomic E-state index is 0.156. The first-order valence-corrected chi connectivity index (χ1v) is 4.97. The number of benzene rings is 1. The van der Waals surface area contributed by atoms with Crippen molar-refractivity contribution in [3.63, 3.8) is 0 Å². The summed E-state index contributed by atoms with van der Waals surface area (Å²) >= 11 is 1.12. The van der Waals surface area contributed by atoms with Crippen molar-refractivity contribution >= 4 is 23.1 Å². The molecule has 0 aliphatic carbocycles. The predicted molar refractivity (Wildman–Crippen MR) is 56.0 cm³/mol. The van der Waals surface area contributed by atoms with Crippen LogP contribution in [0.2, 0.25) is 0 Å². The van der Waals surface area contributed by atoms with E-state index in [1.807, 2.05) is 0 Å². The van der Waals surface area contributed by atoms with Crippen LogP contribution in [0.5, 0.6) is 5.75 Å². The van der Waals surface area contributed by atoms with Crippen LogP contribution < -0.4 is 5.32 Å². The summed E-state index contributed by atoms with van der Waals surface area (Å²) in [4.78, 5) is 11.5. The highest BCUT2D eigenvalue weighted by atomic mass is 32.1. The van der Waals surface area contributed by atoms with E-state index in [0.29, 0.717) is 5.69 Å². The molecule has 1 aromatic carbocycles. The monoisotopic (exact) mass is 221 g/mol. The second kappa shape index (κ2) is 4.05. The zero-order chi connectivity index (χ0) is 10.7. The molecule has 2 aromatic rings. The Morgan fingerprint density at radius 2 is 2.07 bits per heavy atom. The first kappa shape index (κ1) is 9.60. The Morgan fingerprint density at radius 1 is 1.33 bits per heavy atom. The van der Waals surface area contributed by atoms with Gasteiger partial charge in [-0.15, -0.1) is 5.10 Å². The van der Waals surface area contributed by atoms with E-state index in [1.165, 1.54) is 12.1 Å². The van der Waals surface area contributed by atoms with E-state index in [9.17, 15) is 4.79 Å². The van der Waals surface area contributed by atoms with Crippen molar-refractivity contribution in [3.05, 3.63) is 35.3 Å². The molecule has 6 heteroatoms. The molecule has 0 spiro atoms. The number of nitrogens with one attached hydrogen (secondary N) is 1. The normalized spacial score (nSPS) is 9.87. The van der Waals surface area contributed by atoms with Crippen LogP contribution in [0.3, 0.4) is 0 Å². The number of hydrogen-bond acceptors (Lipinski definition) is 5. The third-order valence-electron chi connectivity index (χ3n) is 1.72. The number of hydrogen-bond donors (Lipinski definition) is 2. The molecule has 1 aromatic heterocycles. The van der Waals surface area contributed by atoms with E-state index in [-0.39, 0.29) is 17.4 Å². The molecule has 0 saturated heterocycles. The highest BCUT2D eigenvalue weighted by Crippen LogP contribution is 2.14. The fourth-order valence-electron chi connectivity index (χ4n) is 1.00. The third kappa shape index (κ3) is 2.29. The predicted octanol–water partition coefficient (Wildman–Crippen LogP) is 1.50. The van der Waals surface area contributed by atoms with Crippen LogP contribution in [0.4, 0.5) is 5.69 Å². The molecule has 0 radical (unpaired) electrons. The number of carbonyl (C=O) groups excluding carboxylic acids is 1. The van der Waals surface area contributed by atoms with Crippen molar-refractivity contribution in [2.75, 3.05) is 5.32 Å². The molecule has 1 heterocycles. The Kier molecular flexibility index (Phi) is 2.59. The Morgan fingerprint density at radius 3 is 2.67 bits per heavy atom. The maximum Gasteiger partial charge on any atom is 0.277 e. The van der Waals surface area contributed by atoms with E-state index in [4.69, 9.17) is 5.11 Å². The minimum atomic E-state index is -0.311. The molecule has 1 amide bonds. The van der Waals surface area contributed by atoms with Gasteiger partial charge in [-0.2, -0.15) is 0 Å². The number of nitrogens with zero attached hydrogens (tertiary/aromatic N) is 2. The largest absolute Gasteiger partial charge is 0.508 e. The van der Waals surface area contributed by atoms with Crippen molar-refractivity contribution in [1.82, 2.24) is 9.59 Å². The second-order valence-electron chi connectivity index (χ2n) is 2.79. The van der Waals surface area contributed by atoms with Crippen LogP contribution >= 0.6 is 11.5 Å². The van der Waals surface area contributed by atoms with Crippen molar-refractivity contribution in [2.24, 2.45) is 0 Å². The maximum atomic E-state index is 11.5. The standard InChI is InChI=1S/C9H7N3O2S/c13-7-3-1-6(2-4-7)10-9(14)8-5-15-12-11-8/h1-5,13H,(H,10,14). The number of aromatic hydroxyl groups is 1. The Balaban J connectivity index is 2.09. The molecule has 0 saturated carbocycles. The van der Waals surface area contributed by atoms with E-state index in [0.717, 1.165) is 11.5 Å². The van der Waals surface area contributed by atoms with Gasteiger partial charge in [-0.1, -0.05) is 4.49 Å². The van der Waals surface area contributed by atoms with Crippen LogP contribution in [0.25, 0.3) is 0 Å². The fraction of sp³-hybridized carbons (Fsp3) is 0. The van der Waals surface area contributed by atoms with Crippen LogP contribution in [-0.2, 0) is 0 Å². The summed E-state index contributed by atoms with van der Waals surface area (Å²) < 4.78 is 3.59. The van der Waals surface area contributed by atoms with Crippen LogP contribution in [0, 0.1) is 0 Å². The van der Waals surface area contributed by atoms with Gasteiger partial charge in [-0.3, -0.25) is 4.79 Å². The van der Waals surface area contributed by atoms with E-state index in [1.54, 1.807) is 17.5 Å². The zero-order valence-corrected chi connectivity index (χ0v) is 8.36. The topological polar surface area (TPSA) is 75.1 Å². The summed E-state index contributed by atoms with van der Waals surface area (Å²) in [6.07, 6.45) is 0. The summed E-state index contributed by atoms with van der Waals surface area (Å²) in [6.45, 7) is 0. The average molecular weight is 221 g/mol. The lowest BCUT2D eigenvalue weighted by Crippen LogP contribution is -2.12. The number of phenols is 1. The third-order valence-corrected chi connectivity index (χ3v) is 2.22. The van der Waals surface area contributed by atoms with Gasteiger partial charge < -0.3 is 10.4 Å². The number of anilines is 1. The first-order chi connectivity index (χ1) is 7.25. The number of phenolic OH excluding ortho intramolecular Hbond substituents is 1. The van der Waals surface area contributed by atoms with Gasteiger partial charge in [-0.05, 0) is 35.8 Å². The van der Waals surface area contributed by atoms with Gasteiger partial charge >= 0.3 is 0 Å². The van der Waals surface area contributed by atoms with Crippen molar-refractivity contribution in [2.45, 2.75) is 0 Å². The summed E-state index contributed by atoms with van der Waals surface area (Å²) in [5, 5.41) is 16.9. The molecule has 0 unspecified atom stereocenters. The van der Waals surface area contributed by atoms with E-state index in [2.05, 4.69) is 14.9 Å². The van der Waals surface area contributed by atoms with Gasteiger partial charge in [0.15, 0.2) is 5.69 Å². The molecular weight excluding hydrogens is 214 g/mol. The zero-order valence-electron chi connectivity index (χ0n) is 7.54. The lowest BCUT2D eigenvalue weighted by Gasteiger charge is -2.01. The molecule has 76 valence electrons. The quantitative estimate of drug-likeness (QED) is 0.753. The highest BCUT2D eigenvalue weighted by Gasteiger charge is 2.08. The Labute approximate surface area is 89.5 Å². The van der Waals surface area contributed by atoms with E-state index >= 15 is 0 Å². The molecule has 2 rings (SSSR count). The first-order valence-electron chi connectivity index (χ1n) is 4.13. The van der Waals surface area contributed by atoms with Gasteiger partial charge in [0.05, 0.1) is 0 Å². The Bertz CT molecular complexity index is 453. The van der Waals surface area contributed by atoms with Gasteiger partial charge in [0.1, 0.15) is 5.75 Å². The summed E-state index contributed by atoms with van der Waals surface area (Å²) in [5.41, 5.74) is 0.888. The van der Waals surface area contributed by atoms with Crippen molar-refractivity contribution < 1.29 is 9.90 Å². The Hall–Kier alpha value is -1.95. The van der Waals surface area contributed by atoms with E-state index < -0.39 is 0 Å². The maximum absolute atomic E-state index is 11.5. The fourth-order valence-corrected chi connectivity index (χ4v) is 1.44. The van der Waals surface area contributed by atoms with Crippen LogP contribution in [0.15, 0.2) is 29.6 Å². The smallest absolute Gasteiger partial charge is 0.277 e. The summed E-state index contributed by atoms with van der Waals surface area (Å²) in [6, 6.07) is 6.20. The van der Waals surface area contributed by atoms with Gasteiger partial charge in [0, 0.05) is 11.1 Å². The summed E-state index contributed by atoms with van der Waals surface area (Å²) in [5.74, 6) is -0.155. The summed E-state index contributed by atoms with van der Waals surface area (Å²) in [7, 11) is 0. The lowest BCUT2D eigenvalue weighted by molar-refractivity contribution is 0.102. The van der Waals surface area contributed by atoms with Gasteiger partial charge in [0.25, 0.3) is 5.91 Å². The van der Waals surface area contributed by atoms with Gasteiger partial charge in [0.2, 0.25) is 0 Å². The van der Waals surface area contributed by atoms with Gasteiger partial charge in [-0.25, -0.2) is 0 Å². The molecule has 0 aliphatic rings. The number of amides is 1.